The number of hydrogen-bond acceptors (Lipinski definition) is 6. The number of amides is 1. The highest BCUT2D eigenvalue weighted by molar-refractivity contribution is 9.10. The molecule has 1 fully saturated rings. The summed E-state index contributed by atoms with van der Waals surface area (Å²) in [5, 5.41) is 0. The molecule has 3 aromatic rings. The molecule has 0 spiro atoms. The molecular formula is C27H27BrF4N4O4. The zero-order valence-corrected chi connectivity index (χ0v) is 23.2. The quantitative estimate of drug-likeness (QED) is 0.311. The van der Waals surface area contributed by atoms with Crippen molar-refractivity contribution < 1.29 is 36.6 Å². The van der Waals surface area contributed by atoms with E-state index in [0.29, 0.717) is 42.8 Å². The molecule has 13 heteroatoms. The van der Waals surface area contributed by atoms with E-state index in [-0.39, 0.29) is 25.6 Å². The van der Waals surface area contributed by atoms with Crippen molar-refractivity contribution in [2.45, 2.75) is 50.5 Å². The van der Waals surface area contributed by atoms with Gasteiger partial charge in [-0.1, -0.05) is 12.1 Å². The third kappa shape index (κ3) is 6.09. The van der Waals surface area contributed by atoms with E-state index < -0.39 is 30.8 Å². The number of likely N-dealkylation sites (tertiary alicyclic amines) is 1. The molecule has 2 aromatic heterocycles. The summed E-state index contributed by atoms with van der Waals surface area (Å²) in [6.45, 7) is -0.451. The van der Waals surface area contributed by atoms with E-state index in [9.17, 15) is 22.4 Å². The summed E-state index contributed by atoms with van der Waals surface area (Å²) in [7, 11) is 1.51. The lowest BCUT2D eigenvalue weighted by molar-refractivity contribution is -0.220. The lowest BCUT2D eigenvalue weighted by Gasteiger charge is -2.32. The second-order valence-corrected chi connectivity index (χ2v) is 10.5. The molecule has 2 aliphatic rings. The van der Waals surface area contributed by atoms with E-state index in [4.69, 9.17) is 19.2 Å². The van der Waals surface area contributed by atoms with Crippen LogP contribution >= 0.6 is 15.9 Å². The van der Waals surface area contributed by atoms with E-state index in [2.05, 4.69) is 20.9 Å². The third-order valence-corrected chi connectivity index (χ3v) is 7.86. The lowest BCUT2D eigenvalue weighted by Crippen LogP contribution is -2.44. The Morgan fingerprint density at radius 1 is 1.18 bits per heavy atom. The molecular weight excluding hydrogens is 600 g/mol. The molecule has 214 valence electrons. The Balaban J connectivity index is 1.17. The lowest BCUT2D eigenvalue weighted by atomic mass is 9.94. The topological polar surface area (TPSA) is 78.7 Å². The maximum Gasteiger partial charge on any atom is 0.427 e. The van der Waals surface area contributed by atoms with Crippen LogP contribution in [0.15, 0.2) is 41.1 Å². The van der Waals surface area contributed by atoms with Crippen LogP contribution in [0.3, 0.4) is 0 Å². The average molecular weight is 627 g/mol. The van der Waals surface area contributed by atoms with E-state index in [0.717, 1.165) is 21.7 Å². The molecule has 1 aromatic carbocycles. The third-order valence-electron chi connectivity index (χ3n) is 7.10. The normalized spacial score (nSPS) is 16.3. The van der Waals surface area contributed by atoms with Gasteiger partial charge in [0.25, 0.3) is 0 Å². The van der Waals surface area contributed by atoms with Crippen LogP contribution in [0.4, 0.5) is 22.4 Å². The highest BCUT2D eigenvalue weighted by Crippen LogP contribution is 2.37. The van der Waals surface area contributed by atoms with E-state index in [1.54, 1.807) is 24.3 Å². The fourth-order valence-electron chi connectivity index (χ4n) is 4.94. The fourth-order valence-corrected chi connectivity index (χ4v) is 5.73. The molecule has 5 rings (SSSR count). The van der Waals surface area contributed by atoms with Gasteiger partial charge in [0.15, 0.2) is 0 Å². The average Bonchev–Trinajstić information content (AvgIpc) is 3.28. The van der Waals surface area contributed by atoms with Crippen LogP contribution in [0.2, 0.25) is 0 Å². The van der Waals surface area contributed by atoms with Gasteiger partial charge in [0.1, 0.15) is 27.8 Å². The van der Waals surface area contributed by atoms with Gasteiger partial charge in [0.2, 0.25) is 6.10 Å². The highest BCUT2D eigenvalue weighted by Gasteiger charge is 2.44. The second kappa shape index (κ2) is 11.7. The molecule has 1 saturated heterocycles. The monoisotopic (exact) mass is 626 g/mol. The van der Waals surface area contributed by atoms with Crippen LogP contribution in [0.5, 0.6) is 5.75 Å². The van der Waals surface area contributed by atoms with Gasteiger partial charge in [0.05, 0.1) is 32.2 Å². The number of fused-ring (bicyclic) bond motifs is 3. The van der Waals surface area contributed by atoms with Gasteiger partial charge in [-0.2, -0.15) is 13.2 Å². The number of carbonyl (C=O) groups is 1. The largest absolute Gasteiger partial charge is 0.497 e. The zero-order valence-electron chi connectivity index (χ0n) is 21.6. The number of aryl methyl sites for hydroxylation is 2. The molecule has 4 heterocycles. The van der Waals surface area contributed by atoms with E-state index in [1.807, 2.05) is 4.57 Å². The van der Waals surface area contributed by atoms with Crippen molar-refractivity contribution in [3.63, 3.8) is 0 Å². The molecule has 0 saturated carbocycles. The van der Waals surface area contributed by atoms with Gasteiger partial charge in [-0.3, -0.25) is 4.57 Å². The molecule has 2 aliphatic heterocycles. The number of alkyl halides is 3. The number of hydrogen-bond donors (Lipinski definition) is 0. The highest BCUT2D eigenvalue weighted by atomic mass is 79.9. The summed E-state index contributed by atoms with van der Waals surface area (Å²) in [5.74, 6) is 1.63. The molecule has 0 N–H and O–H groups in total. The van der Waals surface area contributed by atoms with Crippen LogP contribution < -0.4 is 4.74 Å². The minimum absolute atomic E-state index is 0.0216. The van der Waals surface area contributed by atoms with Crippen molar-refractivity contribution in [3.8, 4) is 11.6 Å². The van der Waals surface area contributed by atoms with Crippen LogP contribution in [0.25, 0.3) is 5.82 Å². The number of rotatable bonds is 7. The summed E-state index contributed by atoms with van der Waals surface area (Å²) in [4.78, 5) is 23.0. The van der Waals surface area contributed by atoms with Crippen molar-refractivity contribution in [1.29, 1.82) is 0 Å². The first-order chi connectivity index (χ1) is 19.1. The second-order valence-electron chi connectivity index (χ2n) is 9.71. The first kappa shape index (κ1) is 28.3. The van der Waals surface area contributed by atoms with Crippen LogP contribution in [0.1, 0.15) is 41.4 Å². The Morgan fingerprint density at radius 2 is 1.90 bits per heavy atom. The maximum atomic E-state index is 13.7. The van der Waals surface area contributed by atoms with Gasteiger partial charge in [-0.05, 0) is 64.5 Å². The number of aromatic nitrogens is 3. The number of nitrogens with zero attached hydrogens (tertiary/aromatic N) is 4. The number of halogens is 5. The van der Waals surface area contributed by atoms with Crippen molar-refractivity contribution >= 4 is 22.0 Å². The number of carbonyl (C=O) groups excluding carboxylic acids is 1. The summed E-state index contributed by atoms with van der Waals surface area (Å²) in [5.41, 5.74) is 2.25. The number of pyridine rings is 1. The van der Waals surface area contributed by atoms with Gasteiger partial charge < -0.3 is 19.1 Å². The van der Waals surface area contributed by atoms with E-state index >= 15 is 0 Å². The van der Waals surface area contributed by atoms with Crippen molar-refractivity contribution in [3.05, 3.63) is 69.6 Å². The Labute approximate surface area is 236 Å². The number of ether oxygens (including phenoxy) is 3. The SMILES string of the molecule is COc1ccc(COCC(OC(=O)N2CCC(c3nc4n(c3Br)-c3ncc(F)cc3CC4)CC2)C(F)(F)F)cc1. The van der Waals surface area contributed by atoms with Crippen LogP contribution in [-0.2, 0) is 28.9 Å². The van der Waals surface area contributed by atoms with Gasteiger partial charge >= 0.3 is 12.3 Å². The Bertz CT molecular complexity index is 1360. The van der Waals surface area contributed by atoms with Crippen molar-refractivity contribution in [1.82, 2.24) is 19.4 Å². The summed E-state index contributed by atoms with van der Waals surface area (Å²) < 4.78 is 72.2. The molecule has 40 heavy (non-hydrogen) atoms. The molecule has 0 radical (unpaired) electrons. The van der Waals surface area contributed by atoms with Crippen LogP contribution in [-0.4, -0.2) is 64.6 Å². The zero-order chi connectivity index (χ0) is 28.4. The van der Waals surface area contributed by atoms with Gasteiger partial charge in [-0.25, -0.2) is 19.2 Å². The molecule has 0 bridgehead atoms. The van der Waals surface area contributed by atoms with Crippen molar-refractivity contribution in [2.75, 3.05) is 26.8 Å². The molecule has 8 nitrogen and oxygen atoms in total. The Morgan fingerprint density at radius 3 is 2.58 bits per heavy atom. The first-order valence-corrected chi connectivity index (χ1v) is 13.6. The van der Waals surface area contributed by atoms with Gasteiger partial charge in [-0.15, -0.1) is 0 Å². The van der Waals surface area contributed by atoms with Crippen molar-refractivity contribution in [2.24, 2.45) is 0 Å². The standard InChI is InChI=1S/C27H27BrF4N4O4/c1-38-20-5-2-16(3-6-20)14-39-15-21(27(30,31)32)40-26(37)35-10-8-17(9-11-35)23-24(28)36-22(34-23)7-4-18-12-19(29)13-33-25(18)36/h2-3,5-6,12-13,17,21H,4,7-11,14-15H2,1H3. The minimum atomic E-state index is -4.78. The summed E-state index contributed by atoms with van der Waals surface area (Å²) in [6, 6.07) is 8.19. The molecule has 0 aliphatic carbocycles. The number of methoxy groups -OCH3 is 1. The molecule has 1 atom stereocenters. The summed E-state index contributed by atoms with van der Waals surface area (Å²) >= 11 is 3.62. The van der Waals surface area contributed by atoms with Gasteiger partial charge in [0, 0.05) is 25.4 Å². The Hall–Kier alpha value is -3.19. The smallest absolute Gasteiger partial charge is 0.427 e. The predicted molar refractivity (Wildman–Crippen MR) is 139 cm³/mol. The predicted octanol–water partition coefficient (Wildman–Crippen LogP) is 5.74. The summed E-state index contributed by atoms with van der Waals surface area (Å²) in [6.07, 6.45) is -4.78. The number of imidazole rings is 1. The number of piperidine rings is 1. The number of benzene rings is 1. The fraction of sp³-hybridized carbons (Fsp3) is 0.444. The maximum absolute atomic E-state index is 13.7. The van der Waals surface area contributed by atoms with Crippen LogP contribution in [0, 0.1) is 5.82 Å². The Kier molecular flexibility index (Phi) is 8.31. The minimum Gasteiger partial charge on any atom is -0.497 e. The van der Waals surface area contributed by atoms with E-state index in [1.165, 1.54) is 24.3 Å². The molecule has 1 amide bonds. The molecule has 1 unspecified atom stereocenters. The first-order valence-electron chi connectivity index (χ1n) is 12.8.